The lowest BCUT2D eigenvalue weighted by Gasteiger charge is -2.35. The Hall–Kier alpha value is -4.32. The molecule has 1 aliphatic rings. The van der Waals surface area contributed by atoms with Crippen molar-refractivity contribution in [2.45, 2.75) is 84.5 Å². The van der Waals surface area contributed by atoms with Crippen LogP contribution in [0.15, 0.2) is 42.5 Å². The number of hydrogen-bond acceptors (Lipinski definition) is 5. The second kappa shape index (κ2) is 12.9. The lowest BCUT2D eigenvalue weighted by molar-refractivity contribution is -0.142. The van der Waals surface area contributed by atoms with Crippen molar-refractivity contribution < 1.29 is 23.9 Å². The number of rotatable bonds is 10. The Labute approximate surface area is 242 Å². The van der Waals surface area contributed by atoms with Gasteiger partial charge in [-0.15, -0.1) is 6.42 Å². The molecule has 9 nitrogen and oxygen atoms in total. The standard InChI is InChI=1S/C32H40N4O5/c1-8-22-12-14-23(15-13-22)28(29(38)35-27-19(2)10-9-11-20(27)3)36(25-18-21(25)4)30(39)24(16-17-26(33)37)34-31(40)41-32(5,6)7/h1,9-15,21,24-25,28H,16-18H2,2-7H3,(H2,33,37)(H,34,40)(H,35,38). The lowest BCUT2D eigenvalue weighted by Crippen LogP contribution is -2.53. The molecule has 0 saturated heterocycles. The summed E-state index contributed by atoms with van der Waals surface area (Å²) in [4.78, 5) is 54.4. The molecule has 4 amide bonds. The number of nitrogens with two attached hydrogens (primary N) is 1. The molecule has 4 atom stereocenters. The van der Waals surface area contributed by atoms with E-state index in [-0.39, 0.29) is 24.8 Å². The van der Waals surface area contributed by atoms with E-state index < -0.39 is 41.5 Å². The highest BCUT2D eigenvalue weighted by molar-refractivity contribution is 6.00. The zero-order chi connectivity index (χ0) is 30.5. The number of aryl methyl sites for hydroxylation is 2. The van der Waals surface area contributed by atoms with E-state index in [2.05, 4.69) is 16.6 Å². The normalized spacial score (nSPS) is 17.4. The smallest absolute Gasteiger partial charge is 0.408 e. The number of nitrogens with one attached hydrogen (secondary N) is 2. The van der Waals surface area contributed by atoms with Crippen molar-refractivity contribution in [1.29, 1.82) is 0 Å². The van der Waals surface area contributed by atoms with Crippen LogP contribution in [0, 0.1) is 32.1 Å². The summed E-state index contributed by atoms with van der Waals surface area (Å²) < 4.78 is 5.39. The third-order valence-electron chi connectivity index (χ3n) is 7.00. The van der Waals surface area contributed by atoms with Gasteiger partial charge in [-0.1, -0.05) is 43.2 Å². The van der Waals surface area contributed by atoms with Crippen molar-refractivity contribution in [3.8, 4) is 12.3 Å². The van der Waals surface area contributed by atoms with E-state index in [1.807, 2.05) is 39.0 Å². The molecule has 4 unspecified atom stereocenters. The maximum Gasteiger partial charge on any atom is 0.408 e. The van der Waals surface area contributed by atoms with Crippen LogP contribution in [0.2, 0.25) is 0 Å². The average molecular weight is 561 g/mol. The largest absolute Gasteiger partial charge is 0.444 e. The van der Waals surface area contributed by atoms with E-state index in [0.717, 1.165) is 11.1 Å². The van der Waals surface area contributed by atoms with Gasteiger partial charge in [0.05, 0.1) is 0 Å². The zero-order valence-electron chi connectivity index (χ0n) is 24.6. The van der Waals surface area contributed by atoms with Crippen LogP contribution in [0.1, 0.15) is 75.3 Å². The zero-order valence-corrected chi connectivity index (χ0v) is 24.6. The summed E-state index contributed by atoms with van der Waals surface area (Å²) in [5, 5.41) is 5.66. The van der Waals surface area contributed by atoms with Gasteiger partial charge in [0.1, 0.15) is 17.7 Å². The molecule has 2 aromatic rings. The molecule has 218 valence electrons. The van der Waals surface area contributed by atoms with Crippen LogP contribution in [0.25, 0.3) is 0 Å². The predicted molar refractivity (Wildman–Crippen MR) is 158 cm³/mol. The molecule has 0 bridgehead atoms. The van der Waals surface area contributed by atoms with Crippen LogP contribution >= 0.6 is 0 Å². The second-order valence-corrected chi connectivity index (χ2v) is 11.7. The number of anilines is 1. The van der Waals surface area contributed by atoms with E-state index in [1.165, 1.54) is 4.90 Å². The minimum atomic E-state index is -1.15. The highest BCUT2D eigenvalue weighted by Gasteiger charge is 2.48. The lowest BCUT2D eigenvalue weighted by atomic mass is 9.99. The molecule has 4 N–H and O–H groups in total. The van der Waals surface area contributed by atoms with Crippen LogP contribution in [0.3, 0.4) is 0 Å². The molecule has 9 heteroatoms. The highest BCUT2D eigenvalue weighted by Crippen LogP contribution is 2.41. The monoisotopic (exact) mass is 560 g/mol. The summed E-state index contributed by atoms with van der Waals surface area (Å²) in [6.45, 7) is 10.9. The number of terminal acetylenes is 1. The molecule has 0 aliphatic heterocycles. The predicted octanol–water partition coefficient (Wildman–Crippen LogP) is 4.36. The minimum absolute atomic E-state index is 0.0493. The molecular formula is C32H40N4O5. The molecule has 0 spiro atoms. The molecular weight excluding hydrogens is 520 g/mol. The molecule has 0 radical (unpaired) electrons. The van der Waals surface area contributed by atoms with Crippen LogP contribution in [-0.4, -0.2) is 46.4 Å². The summed E-state index contributed by atoms with van der Waals surface area (Å²) in [6, 6.07) is 10.2. The molecule has 2 aromatic carbocycles. The van der Waals surface area contributed by atoms with Gasteiger partial charge in [-0.25, -0.2) is 4.79 Å². The van der Waals surface area contributed by atoms with Crippen molar-refractivity contribution >= 4 is 29.5 Å². The molecule has 3 rings (SSSR count). The van der Waals surface area contributed by atoms with Crippen molar-refractivity contribution in [2.24, 2.45) is 11.7 Å². The number of nitrogens with zero attached hydrogens (tertiary/aromatic N) is 1. The Bertz CT molecular complexity index is 1320. The van der Waals surface area contributed by atoms with Crippen molar-refractivity contribution in [2.75, 3.05) is 5.32 Å². The molecule has 0 aromatic heterocycles. The van der Waals surface area contributed by atoms with E-state index >= 15 is 0 Å². The second-order valence-electron chi connectivity index (χ2n) is 11.7. The van der Waals surface area contributed by atoms with Crippen molar-refractivity contribution in [3.05, 3.63) is 64.7 Å². The fourth-order valence-electron chi connectivity index (χ4n) is 4.75. The molecule has 41 heavy (non-hydrogen) atoms. The number of carbonyl (C=O) groups is 4. The quantitative estimate of drug-likeness (QED) is 0.372. The maximum atomic E-state index is 14.3. The number of ether oxygens (including phenoxy) is 1. The first kappa shape index (κ1) is 31.2. The number of alkyl carbamates (subject to hydrolysis) is 1. The molecule has 0 heterocycles. The van der Waals surface area contributed by atoms with Gasteiger partial charge in [0, 0.05) is 23.7 Å². The summed E-state index contributed by atoms with van der Waals surface area (Å²) in [5.41, 5.74) is 8.20. The Kier molecular flexibility index (Phi) is 9.82. The van der Waals surface area contributed by atoms with Gasteiger partial charge < -0.3 is 26.0 Å². The van der Waals surface area contributed by atoms with Crippen molar-refractivity contribution in [3.63, 3.8) is 0 Å². The third-order valence-corrected chi connectivity index (χ3v) is 7.00. The fourth-order valence-corrected chi connectivity index (χ4v) is 4.75. The summed E-state index contributed by atoms with van der Waals surface area (Å²) in [6.07, 6.45) is 5.24. The number of hydrogen-bond donors (Lipinski definition) is 3. The molecule has 1 saturated carbocycles. The average Bonchev–Trinajstić information content (AvgIpc) is 3.61. The Balaban J connectivity index is 2.07. The Morgan fingerprint density at radius 3 is 2.17 bits per heavy atom. The Morgan fingerprint density at radius 2 is 1.68 bits per heavy atom. The number of amides is 4. The SMILES string of the molecule is C#Cc1ccc(C(C(=O)Nc2c(C)cccc2C)N(C(=O)C(CCC(N)=O)NC(=O)OC(C)(C)C)C2CC2C)cc1. The minimum Gasteiger partial charge on any atom is -0.444 e. The first-order chi connectivity index (χ1) is 19.2. The Morgan fingerprint density at radius 1 is 1.10 bits per heavy atom. The third kappa shape index (κ3) is 8.34. The summed E-state index contributed by atoms with van der Waals surface area (Å²) in [7, 11) is 0. The van der Waals surface area contributed by atoms with E-state index in [9.17, 15) is 19.2 Å². The number of para-hydroxylation sites is 1. The van der Waals surface area contributed by atoms with Gasteiger partial charge >= 0.3 is 6.09 Å². The van der Waals surface area contributed by atoms with Gasteiger partial charge in [0.2, 0.25) is 11.8 Å². The summed E-state index contributed by atoms with van der Waals surface area (Å²) >= 11 is 0. The first-order valence-electron chi connectivity index (χ1n) is 13.8. The fraction of sp³-hybridized carbons (Fsp3) is 0.438. The van der Waals surface area contributed by atoms with Crippen LogP contribution in [0.5, 0.6) is 0 Å². The molecule has 1 fully saturated rings. The first-order valence-corrected chi connectivity index (χ1v) is 13.8. The van der Waals surface area contributed by atoms with Gasteiger partial charge in [0.15, 0.2) is 0 Å². The molecule has 1 aliphatic carbocycles. The van der Waals surface area contributed by atoms with Crippen LogP contribution < -0.4 is 16.4 Å². The van der Waals surface area contributed by atoms with Crippen LogP contribution in [-0.2, 0) is 19.1 Å². The maximum absolute atomic E-state index is 14.3. The summed E-state index contributed by atoms with van der Waals surface area (Å²) in [5.74, 6) is 1.16. The van der Waals surface area contributed by atoms with Gasteiger partial charge in [-0.3, -0.25) is 14.4 Å². The van der Waals surface area contributed by atoms with Crippen molar-refractivity contribution in [1.82, 2.24) is 10.2 Å². The number of primary amides is 1. The number of benzene rings is 2. The van der Waals surface area contributed by atoms with E-state index in [4.69, 9.17) is 16.9 Å². The topological polar surface area (TPSA) is 131 Å². The van der Waals surface area contributed by atoms with E-state index in [1.54, 1.807) is 45.0 Å². The highest BCUT2D eigenvalue weighted by atomic mass is 16.6. The van der Waals surface area contributed by atoms with Gasteiger partial charge in [0.25, 0.3) is 5.91 Å². The van der Waals surface area contributed by atoms with Gasteiger partial charge in [-0.05, 0) is 82.2 Å². The van der Waals surface area contributed by atoms with Crippen LogP contribution in [0.4, 0.5) is 10.5 Å². The van der Waals surface area contributed by atoms with Gasteiger partial charge in [-0.2, -0.15) is 0 Å². The number of carbonyl (C=O) groups excluding carboxylic acids is 4. The van der Waals surface area contributed by atoms with E-state index in [0.29, 0.717) is 23.2 Å².